The zero-order chi connectivity index (χ0) is 34.3. The van der Waals surface area contributed by atoms with Gasteiger partial charge in [0, 0.05) is 37.6 Å². The van der Waals surface area contributed by atoms with E-state index in [1.165, 1.54) is 6.07 Å². The van der Waals surface area contributed by atoms with Crippen LogP contribution in [0.15, 0.2) is 41.4 Å². The molecule has 2 heterocycles. The van der Waals surface area contributed by atoms with E-state index in [0.29, 0.717) is 61.3 Å². The number of hydrazine groups is 1. The number of alkyl halides is 3. The highest BCUT2D eigenvalue weighted by Crippen LogP contribution is 2.48. The Morgan fingerprint density at radius 3 is 2.34 bits per heavy atom. The molecule has 0 unspecified atom stereocenters. The number of ether oxygens (including phenoxy) is 1. The number of halogens is 3. The fourth-order valence-electron chi connectivity index (χ4n) is 5.91. The second-order valence-electron chi connectivity index (χ2n) is 12.6. The third-order valence-corrected chi connectivity index (χ3v) is 8.79. The van der Waals surface area contributed by atoms with E-state index in [1.807, 2.05) is 43.7 Å². The van der Waals surface area contributed by atoms with E-state index in [2.05, 4.69) is 15.2 Å². The minimum Gasteiger partial charge on any atom is -0.444 e. The molecule has 1 spiro atoms. The number of carbonyl (C=O) groups is 1. The van der Waals surface area contributed by atoms with Crippen LogP contribution in [0.5, 0.6) is 0 Å². The van der Waals surface area contributed by atoms with Gasteiger partial charge in [-0.2, -0.15) is 18.4 Å². The van der Waals surface area contributed by atoms with Gasteiger partial charge in [0.25, 0.3) is 0 Å². The number of amidine groups is 1. The molecule has 2 saturated heterocycles. The average molecular weight is 683 g/mol. The fraction of sp³-hybridized carbons (Fsp3) is 0.438. The minimum absolute atomic E-state index is 0.0350. The number of thiocarbonyl (C=S) groups is 2. The summed E-state index contributed by atoms with van der Waals surface area (Å²) in [6.07, 6.45) is -2.86. The third kappa shape index (κ3) is 6.74. The highest BCUT2D eigenvalue weighted by atomic mass is 32.1. The average Bonchev–Trinajstić information content (AvgIpc) is 3.23. The molecular weight excluding hydrogens is 650 g/mol. The number of hydrogen-bond acceptors (Lipinski definition) is 6. The van der Waals surface area contributed by atoms with Crippen molar-refractivity contribution in [1.82, 2.24) is 14.9 Å². The molecule has 3 fully saturated rings. The van der Waals surface area contributed by atoms with Gasteiger partial charge in [0.1, 0.15) is 17.0 Å². The molecule has 0 atom stereocenters. The molecule has 2 aromatic rings. The zero-order valence-corrected chi connectivity index (χ0v) is 27.9. The van der Waals surface area contributed by atoms with Crippen molar-refractivity contribution >= 4 is 63.7 Å². The molecule has 3 aliphatic rings. The highest BCUT2D eigenvalue weighted by molar-refractivity contribution is 7.81. The van der Waals surface area contributed by atoms with Gasteiger partial charge in [-0.15, -0.1) is 0 Å². The number of anilines is 2. The number of piperazine rings is 1. The molecule has 1 amide bonds. The number of aliphatic imine (C=N–C) groups is 1. The Kier molecular flexibility index (Phi) is 9.21. The second-order valence-corrected chi connectivity index (χ2v) is 13.3. The van der Waals surface area contributed by atoms with E-state index in [-0.39, 0.29) is 16.9 Å². The summed E-state index contributed by atoms with van der Waals surface area (Å²) < 4.78 is 46.5. The van der Waals surface area contributed by atoms with Crippen molar-refractivity contribution in [3.05, 3.63) is 64.5 Å². The Hall–Kier alpha value is -4.31. The molecule has 15 heteroatoms. The summed E-state index contributed by atoms with van der Waals surface area (Å²) in [5.74, 6) is 0.514. The zero-order valence-electron chi connectivity index (χ0n) is 26.3. The summed E-state index contributed by atoms with van der Waals surface area (Å²) >= 11 is 11.7. The molecule has 2 aliphatic heterocycles. The van der Waals surface area contributed by atoms with E-state index in [4.69, 9.17) is 40.7 Å². The van der Waals surface area contributed by atoms with Gasteiger partial charge in [0.15, 0.2) is 15.9 Å². The predicted octanol–water partition coefficient (Wildman–Crippen LogP) is 7.03. The first-order chi connectivity index (χ1) is 22.1. The maximum Gasteiger partial charge on any atom is 0.417 e. The third-order valence-electron chi connectivity index (χ3n) is 8.24. The molecule has 5 rings (SSSR count). The number of rotatable bonds is 3. The molecule has 0 radical (unpaired) electrons. The van der Waals surface area contributed by atoms with Crippen LogP contribution in [0.4, 0.5) is 35.0 Å². The summed E-state index contributed by atoms with van der Waals surface area (Å²) in [6, 6.07) is 10.2. The van der Waals surface area contributed by atoms with Crippen molar-refractivity contribution in [3.8, 4) is 6.07 Å². The molecule has 0 bridgehead atoms. The number of hydrogen-bond donors (Lipinski definition) is 1. The predicted molar refractivity (Wildman–Crippen MR) is 180 cm³/mol. The number of nitrogens with one attached hydrogen (secondary N) is 1. The summed E-state index contributed by atoms with van der Waals surface area (Å²) in [6.45, 7) is 16.6. The number of benzene rings is 2. The van der Waals surface area contributed by atoms with Crippen molar-refractivity contribution in [3.63, 3.8) is 0 Å². The molecule has 10 nitrogen and oxygen atoms in total. The molecular formula is C32H33F3N8O2S2. The first-order valence-electron chi connectivity index (χ1n) is 14.9. The topological polar surface area (TPSA) is 91.8 Å². The van der Waals surface area contributed by atoms with Crippen molar-refractivity contribution in [2.45, 2.75) is 64.3 Å². The van der Waals surface area contributed by atoms with Crippen molar-refractivity contribution in [1.29, 1.82) is 5.26 Å². The lowest BCUT2D eigenvalue weighted by Crippen LogP contribution is -2.65. The molecule has 246 valence electrons. The van der Waals surface area contributed by atoms with Gasteiger partial charge >= 0.3 is 12.3 Å². The highest BCUT2D eigenvalue weighted by Gasteiger charge is 2.59. The van der Waals surface area contributed by atoms with Crippen LogP contribution >= 0.6 is 24.4 Å². The summed E-state index contributed by atoms with van der Waals surface area (Å²) in [5.41, 5.74) is -0.951. The maximum atomic E-state index is 13.6. The monoisotopic (exact) mass is 682 g/mol. The van der Waals surface area contributed by atoms with Gasteiger partial charge in [-0.05, 0) is 107 Å². The van der Waals surface area contributed by atoms with E-state index >= 15 is 0 Å². The smallest absolute Gasteiger partial charge is 0.417 e. The van der Waals surface area contributed by atoms with Crippen LogP contribution in [0.3, 0.4) is 0 Å². The van der Waals surface area contributed by atoms with Crippen molar-refractivity contribution in [2.24, 2.45) is 4.99 Å². The lowest BCUT2D eigenvalue weighted by molar-refractivity contribution is -0.137. The number of amides is 1. The Morgan fingerprint density at radius 1 is 1.13 bits per heavy atom. The van der Waals surface area contributed by atoms with Crippen LogP contribution in [0, 0.1) is 24.8 Å². The van der Waals surface area contributed by atoms with Crippen LogP contribution in [0.25, 0.3) is 4.85 Å². The van der Waals surface area contributed by atoms with Crippen LogP contribution in [0.2, 0.25) is 0 Å². The molecule has 1 aliphatic carbocycles. The van der Waals surface area contributed by atoms with Gasteiger partial charge in [-0.1, -0.05) is 6.07 Å². The van der Waals surface area contributed by atoms with Gasteiger partial charge in [0.05, 0.1) is 23.8 Å². The van der Waals surface area contributed by atoms with E-state index < -0.39 is 28.4 Å². The van der Waals surface area contributed by atoms with E-state index in [1.54, 1.807) is 23.1 Å². The molecule has 0 aromatic heterocycles. The Balaban J connectivity index is 1.50. The van der Waals surface area contributed by atoms with E-state index in [9.17, 15) is 23.2 Å². The van der Waals surface area contributed by atoms with Crippen molar-refractivity contribution in [2.75, 3.05) is 36.4 Å². The first-order valence-corrected chi connectivity index (χ1v) is 15.8. The Morgan fingerprint density at radius 2 is 1.81 bits per heavy atom. The number of aryl methyl sites for hydroxylation is 1. The van der Waals surface area contributed by atoms with Crippen molar-refractivity contribution < 1.29 is 22.7 Å². The second kappa shape index (κ2) is 12.7. The summed E-state index contributed by atoms with van der Waals surface area (Å²) in [7, 11) is 0. The van der Waals surface area contributed by atoms with Gasteiger partial charge in [0.2, 0.25) is 0 Å². The first kappa shape index (κ1) is 34.0. The molecule has 1 N–H and O–H groups in total. The SMILES string of the molecule is [C-]#[N+]c1ccc(N2C(=S)N(N3CCN(C(=O)OC(C)(C)C)CC3)C3(CCC3)C2=NC(=S)Nc2ccc(C#N)c(C(F)(F)F)c2)cc1C. The number of carbonyl (C=O) groups excluding carboxylic acids is 1. The van der Waals surface area contributed by atoms with Gasteiger partial charge in [-0.25, -0.2) is 19.6 Å². The summed E-state index contributed by atoms with van der Waals surface area (Å²) in [4.78, 5) is 24.6. The lowest BCUT2D eigenvalue weighted by atomic mass is 9.75. The van der Waals surface area contributed by atoms with E-state index in [0.717, 1.165) is 24.1 Å². The molecule has 1 saturated carbocycles. The largest absolute Gasteiger partial charge is 0.444 e. The molecule has 47 heavy (non-hydrogen) atoms. The minimum atomic E-state index is -4.73. The Labute approximate surface area is 282 Å². The van der Waals surface area contributed by atoms with Crippen LogP contribution < -0.4 is 10.2 Å². The quantitative estimate of drug-likeness (QED) is 0.271. The number of nitriles is 1. The van der Waals surface area contributed by atoms with Gasteiger partial charge < -0.3 is 15.0 Å². The number of nitrogens with zero attached hydrogens (tertiary/aromatic N) is 7. The lowest BCUT2D eigenvalue weighted by Gasteiger charge is -2.50. The summed E-state index contributed by atoms with van der Waals surface area (Å²) in [5, 5.41) is 16.5. The standard InChI is InChI=1S/C32H33F3N8O2S2/c1-20-17-23(9-10-25(20)37-5)42-26(39-27(46)38-22-8-7-21(19-36)24(18-22)32(33,34)35)31(11-6-12-31)43(28(42)47)41-15-13-40(14-16-41)29(44)45-30(2,3)4/h7-10,17-18H,6,11-16H2,1-4H3,(H,38,46). The maximum absolute atomic E-state index is 13.6. The van der Waals surface area contributed by atoms with Crippen LogP contribution in [0.1, 0.15) is 56.7 Å². The normalized spacial score (nSPS) is 19.0. The molecule has 2 aromatic carbocycles. The Bertz CT molecular complexity index is 1730. The van der Waals surface area contributed by atoms with Crippen LogP contribution in [-0.4, -0.2) is 74.4 Å². The van der Waals surface area contributed by atoms with Crippen LogP contribution in [-0.2, 0) is 10.9 Å². The van der Waals surface area contributed by atoms with Gasteiger partial charge in [-0.3, -0.25) is 9.91 Å². The fourth-order valence-corrected chi connectivity index (χ4v) is 6.59.